The minimum Gasteiger partial charge on any atom is -0.481 e. The van der Waals surface area contributed by atoms with Crippen molar-refractivity contribution in [1.29, 1.82) is 0 Å². The lowest BCUT2D eigenvalue weighted by atomic mass is 10.1. The second-order valence-electron chi connectivity index (χ2n) is 4.62. The number of nitrogens with one attached hydrogen (secondary N) is 1. The third kappa shape index (κ3) is 9.43. The molecule has 0 bridgehead atoms. The van der Waals surface area contributed by atoms with Gasteiger partial charge in [0.25, 0.3) is 0 Å². The van der Waals surface area contributed by atoms with Crippen LogP contribution in [0.15, 0.2) is 0 Å². The molecular weight excluding hydrogens is 272 g/mol. The van der Waals surface area contributed by atoms with E-state index in [1.54, 1.807) is 0 Å². The summed E-state index contributed by atoms with van der Waals surface area (Å²) in [5, 5.41) is 11.3. The zero-order valence-corrected chi connectivity index (χ0v) is 12.1. The quantitative estimate of drug-likeness (QED) is 0.526. The van der Waals surface area contributed by atoms with Crippen molar-refractivity contribution in [2.24, 2.45) is 5.73 Å². The van der Waals surface area contributed by atoms with Gasteiger partial charge in [0, 0.05) is 12.3 Å². The Morgan fingerprint density at radius 3 is 2.32 bits per heavy atom. The Labute approximate surface area is 113 Å². The highest BCUT2D eigenvalue weighted by molar-refractivity contribution is 7.90. The van der Waals surface area contributed by atoms with Crippen molar-refractivity contribution in [3.05, 3.63) is 0 Å². The second-order valence-corrected chi connectivity index (χ2v) is 6.88. The Morgan fingerprint density at radius 1 is 1.32 bits per heavy atom. The second kappa shape index (κ2) is 8.11. The van der Waals surface area contributed by atoms with E-state index in [0.717, 1.165) is 12.7 Å². The Kier molecular flexibility index (Phi) is 7.62. The highest BCUT2D eigenvalue weighted by Gasteiger charge is 2.20. The lowest BCUT2D eigenvalue weighted by Gasteiger charge is -2.19. The molecule has 2 unspecified atom stereocenters. The van der Waals surface area contributed by atoms with Gasteiger partial charge in [-0.05, 0) is 12.8 Å². The highest BCUT2D eigenvalue weighted by Crippen LogP contribution is 2.03. The molecular formula is C11H22N2O5S. The maximum Gasteiger partial charge on any atom is 0.305 e. The van der Waals surface area contributed by atoms with E-state index in [4.69, 9.17) is 10.8 Å². The van der Waals surface area contributed by atoms with Gasteiger partial charge in [0.05, 0.1) is 18.2 Å². The van der Waals surface area contributed by atoms with Gasteiger partial charge in [0.15, 0.2) is 0 Å². The number of aliphatic carboxylic acids is 1. The van der Waals surface area contributed by atoms with Crippen molar-refractivity contribution in [2.45, 2.75) is 44.7 Å². The predicted octanol–water partition coefficient (Wildman–Crippen LogP) is -0.492. The number of carboxylic acids is 1. The predicted molar refractivity (Wildman–Crippen MR) is 71.4 cm³/mol. The average Bonchev–Trinajstić information content (AvgIpc) is 2.24. The molecule has 0 aromatic heterocycles. The molecule has 0 aliphatic carbocycles. The van der Waals surface area contributed by atoms with Gasteiger partial charge in [0.1, 0.15) is 9.84 Å². The average molecular weight is 294 g/mol. The van der Waals surface area contributed by atoms with Gasteiger partial charge < -0.3 is 16.2 Å². The number of amides is 1. The summed E-state index contributed by atoms with van der Waals surface area (Å²) in [4.78, 5) is 22.3. The Balaban J connectivity index is 4.34. The number of rotatable bonds is 9. The van der Waals surface area contributed by atoms with Gasteiger partial charge in [-0.15, -0.1) is 0 Å². The Bertz CT molecular complexity index is 407. The molecule has 0 radical (unpaired) electrons. The summed E-state index contributed by atoms with van der Waals surface area (Å²) in [6.07, 6.45) is 2.20. The summed E-state index contributed by atoms with van der Waals surface area (Å²) >= 11 is 0. The van der Waals surface area contributed by atoms with Crippen molar-refractivity contribution < 1.29 is 23.1 Å². The van der Waals surface area contributed by atoms with Crippen LogP contribution in [0.5, 0.6) is 0 Å². The first-order valence-corrected chi connectivity index (χ1v) is 8.17. The van der Waals surface area contributed by atoms with Crippen LogP contribution in [0.1, 0.15) is 32.6 Å². The molecule has 19 heavy (non-hydrogen) atoms. The van der Waals surface area contributed by atoms with Gasteiger partial charge in [-0.25, -0.2) is 8.42 Å². The third-order valence-corrected chi connectivity index (χ3v) is 3.52. The number of nitrogens with two attached hydrogens (primary N) is 1. The summed E-state index contributed by atoms with van der Waals surface area (Å²) in [7, 11) is -3.16. The van der Waals surface area contributed by atoms with Crippen LogP contribution in [0.4, 0.5) is 0 Å². The molecule has 112 valence electrons. The molecule has 1 amide bonds. The van der Waals surface area contributed by atoms with E-state index in [0.29, 0.717) is 6.42 Å². The lowest BCUT2D eigenvalue weighted by molar-refractivity contribution is -0.137. The molecule has 8 heteroatoms. The first-order chi connectivity index (χ1) is 8.65. The van der Waals surface area contributed by atoms with Crippen molar-refractivity contribution in [3.8, 4) is 0 Å². The van der Waals surface area contributed by atoms with Crippen LogP contribution in [0.2, 0.25) is 0 Å². The fourth-order valence-corrected chi connectivity index (χ4v) is 2.25. The van der Waals surface area contributed by atoms with E-state index in [1.165, 1.54) is 0 Å². The van der Waals surface area contributed by atoms with Crippen molar-refractivity contribution >= 4 is 21.7 Å². The SMILES string of the molecule is CCCC(CC(=O)O)NC(=O)C(N)CCS(C)(=O)=O. The molecule has 0 spiro atoms. The Hall–Kier alpha value is -1.15. The number of carboxylic acid groups (broad SMARTS) is 1. The van der Waals surface area contributed by atoms with Gasteiger partial charge in [0.2, 0.25) is 5.91 Å². The molecule has 2 atom stereocenters. The maximum absolute atomic E-state index is 11.7. The van der Waals surface area contributed by atoms with Crippen LogP contribution in [0.25, 0.3) is 0 Å². The third-order valence-electron chi connectivity index (χ3n) is 2.54. The highest BCUT2D eigenvalue weighted by atomic mass is 32.2. The zero-order valence-electron chi connectivity index (χ0n) is 11.3. The molecule has 0 fully saturated rings. The number of carbonyl (C=O) groups is 2. The van der Waals surface area contributed by atoms with E-state index in [-0.39, 0.29) is 18.6 Å². The summed E-state index contributed by atoms with van der Waals surface area (Å²) < 4.78 is 21.9. The van der Waals surface area contributed by atoms with Gasteiger partial charge in [-0.3, -0.25) is 9.59 Å². The minimum atomic E-state index is -3.16. The molecule has 0 aromatic carbocycles. The lowest BCUT2D eigenvalue weighted by Crippen LogP contribution is -2.46. The molecule has 4 N–H and O–H groups in total. The fraction of sp³-hybridized carbons (Fsp3) is 0.818. The number of hydrogen-bond donors (Lipinski definition) is 3. The summed E-state index contributed by atoms with van der Waals surface area (Å²) in [6.45, 7) is 1.88. The van der Waals surface area contributed by atoms with Crippen LogP contribution in [-0.2, 0) is 19.4 Å². The fourth-order valence-electron chi connectivity index (χ4n) is 1.56. The van der Waals surface area contributed by atoms with Crippen LogP contribution in [0, 0.1) is 0 Å². The van der Waals surface area contributed by atoms with Gasteiger partial charge in [-0.2, -0.15) is 0 Å². The molecule has 0 saturated heterocycles. The maximum atomic E-state index is 11.7. The smallest absolute Gasteiger partial charge is 0.305 e. The van der Waals surface area contributed by atoms with Crippen molar-refractivity contribution in [2.75, 3.05) is 12.0 Å². The zero-order chi connectivity index (χ0) is 15.1. The minimum absolute atomic E-state index is 0.0244. The van der Waals surface area contributed by atoms with E-state index < -0.39 is 33.8 Å². The Morgan fingerprint density at radius 2 is 1.89 bits per heavy atom. The van der Waals surface area contributed by atoms with Crippen molar-refractivity contribution in [3.63, 3.8) is 0 Å². The van der Waals surface area contributed by atoms with Crippen LogP contribution in [-0.4, -0.2) is 49.5 Å². The number of sulfone groups is 1. The van der Waals surface area contributed by atoms with E-state index >= 15 is 0 Å². The summed E-state index contributed by atoms with van der Waals surface area (Å²) in [6, 6.07) is -1.41. The van der Waals surface area contributed by atoms with Crippen molar-refractivity contribution in [1.82, 2.24) is 5.32 Å². The topological polar surface area (TPSA) is 127 Å². The number of carbonyl (C=O) groups excluding carboxylic acids is 1. The molecule has 0 heterocycles. The van der Waals surface area contributed by atoms with E-state index in [2.05, 4.69) is 5.32 Å². The molecule has 7 nitrogen and oxygen atoms in total. The standard InChI is InChI=1S/C11H22N2O5S/c1-3-4-8(7-10(14)15)13-11(16)9(12)5-6-19(2,17)18/h8-9H,3-7,12H2,1-2H3,(H,13,16)(H,14,15). The largest absolute Gasteiger partial charge is 0.481 e. The molecule has 0 aliphatic heterocycles. The first kappa shape index (κ1) is 17.8. The number of hydrogen-bond acceptors (Lipinski definition) is 5. The van der Waals surface area contributed by atoms with Crippen LogP contribution >= 0.6 is 0 Å². The van der Waals surface area contributed by atoms with Crippen LogP contribution < -0.4 is 11.1 Å². The van der Waals surface area contributed by atoms with Gasteiger partial charge in [-0.1, -0.05) is 13.3 Å². The molecule has 0 aliphatic rings. The summed E-state index contributed by atoms with van der Waals surface area (Å²) in [5.74, 6) is -1.68. The van der Waals surface area contributed by atoms with E-state index in [1.807, 2.05) is 6.92 Å². The molecule has 0 aromatic rings. The van der Waals surface area contributed by atoms with Crippen LogP contribution in [0.3, 0.4) is 0 Å². The van der Waals surface area contributed by atoms with E-state index in [9.17, 15) is 18.0 Å². The monoisotopic (exact) mass is 294 g/mol. The molecule has 0 saturated carbocycles. The van der Waals surface area contributed by atoms with Gasteiger partial charge >= 0.3 is 5.97 Å². The summed E-state index contributed by atoms with van der Waals surface area (Å²) in [5.41, 5.74) is 5.58. The molecule has 0 rings (SSSR count). The first-order valence-electron chi connectivity index (χ1n) is 6.11. The normalized spacial score (nSPS) is 14.7.